The average molecular weight is 509 g/mol. The molecule has 0 radical (unpaired) electrons. The fourth-order valence-electron chi connectivity index (χ4n) is 4.39. The molecule has 1 atom stereocenters. The van der Waals surface area contributed by atoms with Gasteiger partial charge in [-0.25, -0.2) is 0 Å². The minimum absolute atomic E-state index is 0.0337. The van der Waals surface area contributed by atoms with E-state index >= 15 is 0 Å². The first-order valence-electron chi connectivity index (χ1n) is 14.1. The molecular weight excluding hydrogens is 452 g/mol. The second kappa shape index (κ2) is 19.3. The van der Waals surface area contributed by atoms with Gasteiger partial charge in [0.15, 0.2) is 0 Å². The zero-order valence-electron chi connectivity index (χ0n) is 24.8. The molecule has 2 aliphatic heterocycles. The van der Waals surface area contributed by atoms with E-state index in [9.17, 15) is 14.4 Å². The summed E-state index contributed by atoms with van der Waals surface area (Å²) in [4.78, 5) is 41.2. The lowest BCUT2D eigenvalue weighted by molar-refractivity contribution is -0.132. The molecular formula is C29H56N4O3. The molecule has 1 N–H and O–H groups in total. The van der Waals surface area contributed by atoms with Gasteiger partial charge in [0.1, 0.15) is 0 Å². The largest absolute Gasteiger partial charge is 0.350 e. The quantitative estimate of drug-likeness (QED) is 0.380. The van der Waals surface area contributed by atoms with Crippen molar-refractivity contribution in [3.05, 3.63) is 11.6 Å². The van der Waals surface area contributed by atoms with Gasteiger partial charge in [0.05, 0.1) is 12.6 Å². The van der Waals surface area contributed by atoms with E-state index in [4.69, 9.17) is 0 Å². The predicted molar refractivity (Wildman–Crippen MR) is 151 cm³/mol. The van der Waals surface area contributed by atoms with Crippen LogP contribution in [0.3, 0.4) is 0 Å². The zero-order valence-corrected chi connectivity index (χ0v) is 24.8. The van der Waals surface area contributed by atoms with E-state index in [1.165, 1.54) is 38.8 Å². The number of nitrogens with one attached hydrogen (secondary N) is 1. The molecule has 3 amide bonds. The fraction of sp³-hybridized carbons (Fsp3) is 0.828. The van der Waals surface area contributed by atoms with Crippen molar-refractivity contribution in [2.24, 2.45) is 11.8 Å². The molecule has 0 aromatic heterocycles. The molecule has 0 spiro atoms. The summed E-state index contributed by atoms with van der Waals surface area (Å²) in [7, 11) is 1.70. The van der Waals surface area contributed by atoms with Gasteiger partial charge in [-0.1, -0.05) is 53.5 Å². The van der Waals surface area contributed by atoms with Crippen molar-refractivity contribution in [1.29, 1.82) is 0 Å². The minimum Gasteiger partial charge on any atom is -0.350 e. The summed E-state index contributed by atoms with van der Waals surface area (Å²) >= 11 is 0. The summed E-state index contributed by atoms with van der Waals surface area (Å²) in [6.45, 7) is 21.1. The first-order chi connectivity index (χ1) is 17.0. The van der Waals surface area contributed by atoms with Crippen molar-refractivity contribution in [3.8, 4) is 0 Å². The highest BCUT2D eigenvalue weighted by atomic mass is 16.2. The van der Waals surface area contributed by atoms with E-state index in [0.29, 0.717) is 17.9 Å². The summed E-state index contributed by atoms with van der Waals surface area (Å²) in [5.74, 6) is 0.721. The lowest BCUT2D eigenvalue weighted by atomic mass is 9.97. The van der Waals surface area contributed by atoms with Crippen LogP contribution < -0.4 is 5.32 Å². The Bertz CT molecular complexity index is 649. The normalized spacial score (nSPS) is 18.0. The number of hydrogen-bond acceptors (Lipinski definition) is 4. The highest BCUT2D eigenvalue weighted by Gasteiger charge is 2.25. The van der Waals surface area contributed by atoms with Crippen LogP contribution in [0.4, 0.5) is 0 Å². The van der Waals surface area contributed by atoms with Gasteiger partial charge in [-0.2, -0.15) is 0 Å². The van der Waals surface area contributed by atoms with Crippen LogP contribution in [0.5, 0.6) is 0 Å². The number of amides is 3. The molecule has 7 heteroatoms. The number of nitrogens with zero attached hydrogens (tertiary/aromatic N) is 3. The van der Waals surface area contributed by atoms with Gasteiger partial charge in [-0.05, 0) is 71.4 Å². The van der Waals surface area contributed by atoms with Crippen LogP contribution in [-0.2, 0) is 14.4 Å². The Labute approximate surface area is 222 Å². The molecule has 0 bridgehead atoms. The first-order valence-corrected chi connectivity index (χ1v) is 14.1. The Kier molecular flexibility index (Phi) is 18.2. The van der Waals surface area contributed by atoms with Crippen LogP contribution in [0.1, 0.15) is 93.9 Å². The van der Waals surface area contributed by atoms with Crippen LogP contribution in [-0.4, -0.2) is 84.8 Å². The minimum atomic E-state index is -0.182. The molecule has 2 heterocycles. The van der Waals surface area contributed by atoms with Crippen LogP contribution >= 0.6 is 0 Å². The third-order valence-electron chi connectivity index (χ3n) is 6.81. The molecule has 0 saturated carbocycles. The van der Waals surface area contributed by atoms with Crippen LogP contribution in [0, 0.1) is 11.8 Å². The number of piperidine rings is 2. The van der Waals surface area contributed by atoms with Crippen molar-refractivity contribution in [3.63, 3.8) is 0 Å². The van der Waals surface area contributed by atoms with E-state index in [1.807, 2.05) is 31.7 Å². The number of carbonyl (C=O) groups excluding carboxylic acids is 3. The van der Waals surface area contributed by atoms with Gasteiger partial charge in [-0.15, -0.1) is 0 Å². The molecule has 2 fully saturated rings. The van der Waals surface area contributed by atoms with Crippen molar-refractivity contribution in [1.82, 2.24) is 20.0 Å². The maximum absolute atomic E-state index is 12.6. The highest BCUT2D eigenvalue weighted by Crippen LogP contribution is 2.19. The zero-order chi connectivity index (χ0) is 27.7. The maximum Gasteiger partial charge on any atom is 0.249 e. The number of hydrogen-bond donors (Lipinski definition) is 1. The Morgan fingerprint density at radius 1 is 1.00 bits per heavy atom. The molecule has 2 aliphatic rings. The molecule has 0 aliphatic carbocycles. The van der Waals surface area contributed by atoms with Crippen LogP contribution in [0.15, 0.2) is 11.6 Å². The van der Waals surface area contributed by atoms with Gasteiger partial charge >= 0.3 is 0 Å². The van der Waals surface area contributed by atoms with E-state index < -0.39 is 0 Å². The smallest absolute Gasteiger partial charge is 0.249 e. The molecule has 0 aromatic carbocycles. The summed E-state index contributed by atoms with van der Waals surface area (Å²) in [5.41, 5.74) is 0.672. The molecule has 2 saturated heterocycles. The van der Waals surface area contributed by atoms with E-state index in [1.54, 1.807) is 11.9 Å². The van der Waals surface area contributed by atoms with E-state index in [0.717, 1.165) is 32.0 Å². The molecule has 2 rings (SSSR count). The number of rotatable bonds is 8. The summed E-state index contributed by atoms with van der Waals surface area (Å²) in [6.07, 6.45) is 10.0. The second-order valence-corrected chi connectivity index (χ2v) is 11.0. The number of likely N-dealkylation sites (tertiary alicyclic amines) is 2. The van der Waals surface area contributed by atoms with Crippen molar-refractivity contribution < 1.29 is 14.4 Å². The molecule has 0 aromatic rings. The molecule has 36 heavy (non-hydrogen) atoms. The van der Waals surface area contributed by atoms with Gasteiger partial charge in [0, 0.05) is 31.8 Å². The lowest BCUT2D eigenvalue weighted by Gasteiger charge is -2.32. The third-order valence-corrected chi connectivity index (χ3v) is 6.81. The molecule has 7 nitrogen and oxygen atoms in total. The topological polar surface area (TPSA) is 73.0 Å². The van der Waals surface area contributed by atoms with Crippen LogP contribution in [0.25, 0.3) is 0 Å². The third kappa shape index (κ3) is 13.4. The summed E-state index contributed by atoms with van der Waals surface area (Å²) in [5, 5.41) is 2.39. The molecule has 0 unspecified atom stereocenters. The van der Waals surface area contributed by atoms with E-state index in [2.05, 4.69) is 44.8 Å². The fourth-order valence-corrected chi connectivity index (χ4v) is 4.39. The standard InChI is InChI=1S/C18H31N3O3.C8H17N.C3H8/c1-13(2)16(20(5)17(23)11-19-12-22)10-15(4)18(24)21-8-6-14(3)7-9-21;1-8(2)9-6-4-3-5-7-9;1-3-2/h10,12-14,16H,6-9,11H2,1-5H3,(H,19,22);8H,3-7H2,1-2H3;3H2,1-2H3/b15-10+;;/t16-;;/m1../s1. The SMILES string of the molecule is C/C(=C\[C@H](C(C)C)N(C)C(=O)CNC=O)C(=O)N1CCC(C)CC1.CC(C)N1CCCCC1.CCC. The lowest BCUT2D eigenvalue weighted by Crippen LogP contribution is -2.44. The Balaban J connectivity index is 0.000000838. The van der Waals surface area contributed by atoms with E-state index in [-0.39, 0.29) is 30.3 Å². The Morgan fingerprint density at radius 2 is 1.53 bits per heavy atom. The average Bonchev–Trinajstić information content (AvgIpc) is 2.86. The van der Waals surface area contributed by atoms with Gasteiger partial charge in [0.25, 0.3) is 0 Å². The van der Waals surface area contributed by atoms with Crippen molar-refractivity contribution in [2.45, 2.75) is 106 Å². The molecule has 210 valence electrons. The van der Waals surface area contributed by atoms with Crippen molar-refractivity contribution in [2.75, 3.05) is 39.8 Å². The second-order valence-electron chi connectivity index (χ2n) is 11.0. The van der Waals surface area contributed by atoms with Crippen molar-refractivity contribution >= 4 is 18.2 Å². The maximum atomic E-state index is 12.6. The van der Waals surface area contributed by atoms with Gasteiger partial charge in [-0.3, -0.25) is 14.4 Å². The van der Waals surface area contributed by atoms with Gasteiger partial charge < -0.3 is 20.0 Å². The Hall–Kier alpha value is -1.89. The number of carbonyl (C=O) groups is 3. The van der Waals surface area contributed by atoms with Gasteiger partial charge in [0.2, 0.25) is 18.2 Å². The highest BCUT2D eigenvalue weighted by molar-refractivity contribution is 5.93. The monoisotopic (exact) mass is 508 g/mol. The number of likely N-dealkylation sites (N-methyl/N-ethyl adjacent to an activating group) is 1. The summed E-state index contributed by atoms with van der Waals surface area (Å²) < 4.78 is 0. The van der Waals surface area contributed by atoms with Crippen LogP contribution in [0.2, 0.25) is 0 Å². The Morgan fingerprint density at radius 3 is 1.94 bits per heavy atom. The first kappa shape index (κ1) is 34.1. The summed E-state index contributed by atoms with van der Waals surface area (Å²) in [6, 6.07) is 0.587. The predicted octanol–water partition coefficient (Wildman–Crippen LogP) is 4.72.